The predicted octanol–water partition coefficient (Wildman–Crippen LogP) is 2.06. The van der Waals surface area contributed by atoms with Gasteiger partial charge in [0.1, 0.15) is 6.10 Å². The third-order valence-electron chi connectivity index (χ3n) is 4.98. The number of nitrogens with zero attached hydrogens (tertiary/aromatic N) is 4. The number of hydrogen-bond acceptors (Lipinski definition) is 7. The zero-order valence-electron chi connectivity index (χ0n) is 12.6. The van der Waals surface area contributed by atoms with Crippen molar-refractivity contribution in [3.63, 3.8) is 0 Å². The van der Waals surface area contributed by atoms with Crippen molar-refractivity contribution in [1.29, 1.82) is 21.2 Å². The van der Waals surface area contributed by atoms with Crippen LogP contribution in [0.3, 0.4) is 0 Å². The van der Waals surface area contributed by atoms with E-state index in [4.69, 9.17) is 14.9 Å². The lowest BCUT2D eigenvalue weighted by atomic mass is 9.51. The molecular weight excluding hydrogens is 294 g/mol. The second kappa shape index (κ2) is 4.52. The van der Waals surface area contributed by atoms with Crippen molar-refractivity contribution >= 4 is 5.90 Å². The molecule has 0 spiro atoms. The van der Waals surface area contributed by atoms with Gasteiger partial charge in [-0.25, -0.2) is 0 Å². The van der Waals surface area contributed by atoms with Crippen molar-refractivity contribution in [2.45, 2.75) is 25.7 Å². The van der Waals surface area contributed by atoms with E-state index in [2.05, 4.69) is 4.98 Å². The maximum atomic E-state index is 9.89. The summed E-state index contributed by atoms with van der Waals surface area (Å²) >= 11 is 0. The summed E-state index contributed by atoms with van der Waals surface area (Å²) in [6.45, 7) is 3.21. The Labute approximate surface area is 133 Å². The van der Waals surface area contributed by atoms with Crippen LogP contribution in [0.5, 0.6) is 0 Å². The largest absolute Gasteiger partial charge is 0.448 e. The first-order valence-electron chi connectivity index (χ1n) is 7.01. The van der Waals surface area contributed by atoms with Crippen LogP contribution in [-0.2, 0) is 9.47 Å². The van der Waals surface area contributed by atoms with E-state index in [9.17, 15) is 15.8 Å². The van der Waals surface area contributed by atoms with Gasteiger partial charge in [-0.15, -0.1) is 0 Å². The molecule has 3 aliphatic heterocycles. The van der Waals surface area contributed by atoms with Crippen LogP contribution in [0.25, 0.3) is 0 Å². The summed E-state index contributed by atoms with van der Waals surface area (Å²) in [5.74, 6) is -2.47. The molecule has 23 heavy (non-hydrogen) atoms. The van der Waals surface area contributed by atoms with Gasteiger partial charge in [0, 0.05) is 24.9 Å². The third kappa shape index (κ3) is 1.49. The van der Waals surface area contributed by atoms with E-state index >= 15 is 0 Å². The summed E-state index contributed by atoms with van der Waals surface area (Å²) in [5.41, 5.74) is -3.09. The molecule has 114 valence electrons. The van der Waals surface area contributed by atoms with Crippen LogP contribution in [0.1, 0.15) is 25.5 Å². The zero-order valence-corrected chi connectivity index (χ0v) is 12.6. The van der Waals surface area contributed by atoms with Crippen molar-refractivity contribution in [3.05, 3.63) is 30.1 Å². The Kier molecular flexibility index (Phi) is 2.94. The van der Waals surface area contributed by atoms with Crippen LogP contribution in [0.15, 0.2) is 24.5 Å². The quantitative estimate of drug-likeness (QED) is 0.846. The minimum Gasteiger partial charge on any atom is -0.448 e. The predicted molar refractivity (Wildman–Crippen MR) is 76.1 cm³/mol. The average molecular weight is 307 g/mol. The molecule has 7 nitrogen and oxygen atoms in total. The Balaban J connectivity index is 2.35. The molecule has 2 bridgehead atoms. The molecule has 3 aliphatic rings. The number of fused-ring (bicyclic) bond motifs is 3. The normalized spacial score (nSPS) is 37.1. The van der Waals surface area contributed by atoms with Crippen LogP contribution in [0.2, 0.25) is 0 Å². The van der Waals surface area contributed by atoms with Crippen LogP contribution in [-0.4, -0.2) is 16.7 Å². The Morgan fingerprint density at radius 3 is 2.48 bits per heavy atom. The molecule has 4 atom stereocenters. The molecule has 1 aromatic rings. The van der Waals surface area contributed by atoms with Crippen molar-refractivity contribution in [2.24, 2.45) is 16.7 Å². The number of hydrogen-bond donors (Lipinski definition) is 1. The number of pyridine rings is 1. The van der Waals surface area contributed by atoms with E-state index in [1.807, 2.05) is 18.2 Å². The summed E-state index contributed by atoms with van der Waals surface area (Å²) < 4.78 is 11.5. The summed E-state index contributed by atoms with van der Waals surface area (Å²) in [4.78, 5) is 4.01. The van der Waals surface area contributed by atoms with E-state index in [-0.39, 0.29) is 0 Å². The van der Waals surface area contributed by atoms with Gasteiger partial charge in [0.25, 0.3) is 0 Å². The second-order valence-electron chi connectivity index (χ2n) is 5.90. The molecule has 4 rings (SSSR count). The Hall–Kier alpha value is -2.95. The molecule has 0 aliphatic carbocycles. The average Bonchev–Trinajstić information content (AvgIpc) is 2.57. The lowest BCUT2D eigenvalue weighted by molar-refractivity contribution is -0.338. The molecule has 3 fully saturated rings. The highest BCUT2D eigenvalue weighted by Gasteiger charge is 2.78. The number of aromatic nitrogens is 1. The second-order valence-corrected chi connectivity index (χ2v) is 5.90. The van der Waals surface area contributed by atoms with Crippen molar-refractivity contribution in [2.75, 3.05) is 0 Å². The van der Waals surface area contributed by atoms with Gasteiger partial charge in [0.2, 0.25) is 11.7 Å². The van der Waals surface area contributed by atoms with Crippen LogP contribution in [0.4, 0.5) is 0 Å². The van der Waals surface area contributed by atoms with Gasteiger partial charge in [-0.1, -0.05) is 13.0 Å². The van der Waals surface area contributed by atoms with E-state index in [1.165, 1.54) is 6.20 Å². The standard InChI is InChI=1S/C16H13N5O2/c1-10-14(2)22-12(11-4-3-5-21-6-11)16(9-19,13(20)23-14)15(10,7-17)8-18/h3-6,10,12,20H,1-2H3/t10-,12+,14-,16-/m1/s1. The first kappa shape index (κ1) is 15.0. The highest BCUT2D eigenvalue weighted by molar-refractivity contribution is 5.88. The van der Waals surface area contributed by atoms with Crippen molar-refractivity contribution in [3.8, 4) is 18.2 Å². The van der Waals surface area contributed by atoms with Gasteiger partial charge >= 0.3 is 0 Å². The highest BCUT2D eigenvalue weighted by Crippen LogP contribution is 2.66. The van der Waals surface area contributed by atoms with Gasteiger partial charge in [-0.3, -0.25) is 10.4 Å². The topological polar surface area (TPSA) is 127 Å². The molecular formula is C16H13N5O2. The maximum absolute atomic E-state index is 9.89. The summed E-state index contributed by atoms with van der Waals surface area (Å²) in [5, 5.41) is 37.7. The first-order chi connectivity index (χ1) is 10.9. The van der Waals surface area contributed by atoms with Gasteiger partial charge in [0.05, 0.1) is 24.1 Å². The van der Waals surface area contributed by atoms with E-state index in [0.717, 1.165) is 0 Å². The fraction of sp³-hybridized carbons (Fsp3) is 0.438. The molecule has 0 radical (unpaired) electrons. The monoisotopic (exact) mass is 307 g/mol. The number of nitriles is 3. The van der Waals surface area contributed by atoms with Gasteiger partial charge in [0.15, 0.2) is 10.8 Å². The van der Waals surface area contributed by atoms with Gasteiger partial charge < -0.3 is 9.47 Å². The van der Waals surface area contributed by atoms with E-state index < -0.39 is 34.5 Å². The number of ether oxygens (including phenoxy) is 2. The van der Waals surface area contributed by atoms with Crippen molar-refractivity contribution in [1.82, 2.24) is 4.98 Å². The lowest BCUT2D eigenvalue weighted by Gasteiger charge is -2.60. The Morgan fingerprint density at radius 2 is 1.96 bits per heavy atom. The molecule has 1 N–H and O–H groups in total. The minimum absolute atomic E-state index is 0.413. The molecule has 0 aromatic carbocycles. The molecule has 7 heteroatoms. The van der Waals surface area contributed by atoms with Gasteiger partial charge in [-0.2, -0.15) is 15.8 Å². The lowest BCUT2D eigenvalue weighted by Crippen LogP contribution is -2.71. The SMILES string of the molecule is C[C@H]1C(C#N)(C#N)[C@@]2(C#N)C(=N)O[C@@]1(C)O[C@H]2c1cccnc1. The molecule has 0 saturated carbocycles. The van der Waals surface area contributed by atoms with Crippen LogP contribution in [0, 0.1) is 56.2 Å². The molecule has 0 amide bonds. The van der Waals surface area contributed by atoms with Crippen LogP contribution < -0.4 is 0 Å². The minimum atomic E-state index is -1.85. The number of rotatable bonds is 1. The maximum Gasteiger partial charge on any atom is 0.215 e. The number of nitrogens with one attached hydrogen (secondary N) is 1. The molecule has 1 aromatic heterocycles. The zero-order chi connectivity index (χ0) is 16.9. The van der Waals surface area contributed by atoms with Gasteiger partial charge in [-0.05, 0) is 6.07 Å². The smallest absolute Gasteiger partial charge is 0.215 e. The highest BCUT2D eigenvalue weighted by atomic mass is 16.7. The molecule has 3 saturated heterocycles. The molecule has 4 heterocycles. The fourth-order valence-electron chi connectivity index (χ4n) is 3.50. The van der Waals surface area contributed by atoms with Crippen molar-refractivity contribution < 1.29 is 9.47 Å². The summed E-state index contributed by atoms with van der Waals surface area (Å²) in [6, 6.07) is 9.34. The van der Waals surface area contributed by atoms with E-state index in [1.54, 1.807) is 32.2 Å². The fourth-order valence-corrected chi connectivity index (χ4v) is 3.50. The van der Waals surface area contributed by atoms with Crippen LogP contribution >= 0.6 is 0 Å². The Morgan fingerprint density at radius 1 is 1.26 bits per heavy atom. The first-order valence-corrected chi connectivity index (χ1v) is 7.01. The Bertz CT molecular complexity index is 788. The third-order valence-corrected chi connectivity index (χ3v) is 4.98. The van der Waals surface area contributed by atoms with E-state index in [0.29, 0.717) is 5.56 Å². The summed E-state index contributed by atoms with van der Waals surface area (Å²) in [6.07, 6.45) is 2.09. The molecule has 0 unspecified atom stereocenters. The summed E-state index contributed by atoms with van der Waals surface area (Å²) in [7, 11) is 0.